The molecule has 0 aliphatic carbocycles. The Morgan fingerprint density at radius 3 is 1.56 bits per heavy atom. The number of carboxylic acids is 3. The highest BCUT2D eigenvalue weighted by Crippen LogP contribution is 1.68. The summed E-state index contributed by atoms with van der Waals surface area (Å²) in [5, 5.41) is 26.0. The number of aliphatic carboxylic acids is 3. The van der Waals surface area contributed by atoms with Gasteiger partial charge in [0.15, 0.2) is 0 Å². The molecule has 0 saturated carbocycles. The molecule has 9 heteroatoms. The van der Waals surface area contributed by atoms with Gasteiger partial charge in [0.1, 0.15) is 6.04 Å². The van der Waals surface area contributed by atoms with Gasteiger partial charge >= 0.3 is 17.9 Å². The van der Waals surface area contributed by atoms with Crippen molar-refractivity contribution in [3.8, 4) is 0 Å². The molecule has 0 rings (SSSR count). The van der Waals surface area contributed by atoms with Crippen LogP contribution in [0.5, 0.6) is 0 Å². The highest BCUT2D eigenvalue weighted by molar-refractivity contribution is 5.72. The number of hydrogen-bond acceptors (Lipinski definition) is 6. The van der Waals surface area contributed by atoms with E-state index in [0.717, 1.165) is 0 Å². The number of nitrogens with one attached hydrogen (secondary N) is 1. The molecule has 0 aromatic rings. The summed E-state index contributed by atoms with van der Waals surface area (Å²) in [6, 6.07) is -0.731. The first kappa shape index (κ1) is 21.6. The number of likely N-dealkylation sites (N-methyl/N-ethyl adjacent to an activating group) is 1. The maximum atomic E-state index is 9.57. The van der Waals surface area contributed by atoms with Gasteiger partial charge in [-0.1, -0.05) is 0 Å². The summed E-state index contributed by atoms with van der Waals surface area (Å²) in [7, 11) is 1.59. The smallest absolute Gasteiger partial charge is 0.320 e. The molecule has 108 valence electrons. The first-order valence-electron chi connectivity index (χ1n) is 4.95. The summed E-state index contributed by atoms with van der Waals surface area (Å²) < 4.78 is 0. The molecule has 1 unspecified atom stereocenters. The highest BCUT2D eigenvalue weighted by Gasteiger charge is 1.99. The van der Waals surface area contributed by atoms with Crippen LogP contribution in [0.25, 0.3) is 0 Å². The lowest BCUT2D eigenvalue weighted by molar-refractivity contribution is -0.138. The Kier molecular flexibility index (Phi) is 18.3. The molecular weight excluding hydrogens is 246 g/mol. The zero-order valence-electron chi connectivity index (χ0n) is 10.4. The number of rotatable bonds is 5. The molecule has 0 radical (unpaired) electrons. The minimum Gasteiger partial charge on any atom is -0.481 e. The summed E-state index contributed by atoms with van der Waals surface area (Å²) in [5.74, 6) is -2.62. The second-order valence-electron chi connectivity index (χ2n) is 2.98. The first-order chi connectivity index (χ1) is 8.18. The van der Waals surface area contributed by atoms with Crippen molar-refractivity contribution >= 4 is 17.9 Å². The fourth-order valence-electron chi connectivity index (χ4n) is 0.275. The predicted molar refractivity (Wildman–Crippen MR) is 64.2 cm³/mol. The van der Waals surface area contributed by atoms with Crippen molar-refractivity contribution in [2.45, 2.75) is 19.4 Å². The Hall–Kier alpha value is -1.71. The fraction of sp³-hybridized carbons (Fsp3) is 0.667. The first-order valence-corrected chi connectivity index (χ1v) is 4.95. The third-order valence-electron chi connectivity index (χ3n) is 1.08. The third kappa shape index (κ3) is 36.7. The van der Waals surface area contributed by atoms with Crippen LogP contribution in [0.4, 0.5) is 0 Å². The summed E-state index contributed by atoms with van der Waals surface area (Å²) in [4.78, 5) is 28.6. The summed E-state index contributed by atoms with van der Waals surface area (Å²) >= 11 is 0. The quantitative estimate of drug-likeness (QED) is 0.333. The van der Waals surface area contributed by atoms with Crippen molar-refractivity contribution in [1.82, 2.24) is 5.32 Å². The lowest BCUT2D eigenvalue weighted by Crippen LogP contribution is -2.25. The second kappa shape index (κ2) is 15.3. The molecule has 0 heterocycles. The summed E-state index contributed by atoms with van der Waals surface area (Å²) in [5.41, 5.74) is 9.68. The van der Waals surface area contributed by atoms with Crippen LogP contribution in [0.3, 0.4) is 0 Å². The van der Waals surface area contributed by atoms with Crippen molar-refractivity contribution in [2.75, 3.05) is 20.1 Å². The van der Waals surface area contributed by atoms with E-state index in [-0.39, 0.29) is 19.5 Å². The molecule has 0 aliphatic heterocycles. The van der Waals surface area contributed by atoms with Gasteiger partial charge in [-0.05, 0) is 14.0 Å². The van der Waals surface area contributed by atoms with Gasteiger partial charge in [0, 0.05) is 6.54 Å². The zero-order chi connectivity index (χ0) is 15.1. The Labute approximate surface area is 105 Å². The van der Waals surface area contributed by atoms with E-state index in [1.807, 2.05) is 0 Å². The van der Waals surface area contributed by atoms with E-state index < -0.39 is 23.9 Å². The van der Waals surface area contributed by atoms with Crippen molar-refractivity contribution < 1.29 is 29.7 Å². The van der Waals surface area contributed by atoms with Crippen LogP contribution >= 0.6 is 0 Å². The van der Waals surface area contributed by atoms with E-state index in [1.54, 1.807) is 7.05 Å². The van der Waals surface area contributed by atoms with Crippen molar-refractivity contribution in [3.63, 3.8) is 0 Å². The topological polar surface area (TPSA) is 176 Å². The van der Waals surface area contributed by atoms with E-state index >= 15 is 0 Å². The monoisotopic (exact) mass is 267 g/mol. The van der Waals surface area contributed by atoms with Gasteiger partial charge < -0.3 is 32.1 Å². The normalized spacial score (nSPS) is 10.0. The molecule has 0 saturated heterocycles. The summed E-state index contributed by atoms with van der Waals surface area (Å²) in [6.45, 7) is 1.69. The largest absolute Gasteiger partial charge is 0.481 e. The average Bonchev–Trinajstić information content (AvgIpc) is 2.18. The Morgan fingerprint density at radius 2 is 1.56 bits per heavy atom. The molecular formula is C9H21N3O6. The molecule has 0 amide bonds. The van der Waals surface area contributed by atoms with E-state index in [9.17, 15) is 14.4 Å². The van der Waals surface area contributed by atoms with E-state index in [4.69, 9.17) is 26.8 Å². The summed E-state index contributed by atoms with van der Waals surface area (Å²) in [6.07, 6.45) is 0.0694. The van der Waals surface area contributed by atoms with Crippen LogP contribution in [0.1, 0.15) is 13.3 Å². The van der Waals surface area contributed by atoms with Crippen LogP contribution in [-0.2, 0) is 14.4 Å². The van der Waals surface area contributed by atoms with E-state index in [0.29, 0.717) is 0 Å². The Bertz CT molecular complexity index is 228. The third-order valence-corrected chi connectivity index (χ3v) is 1.08. The van der Waals surface area contributed by atoms with Gasteiger partial charge in [-0.25, -0.2) is 0 Å². The van der Waals surface area contributed by atoms with Gasteiger partial charge in [0.25, 0.3) is 0 Å². The van der Waals surface area contributed by atoms with Gasteiger partial charge in [-0.2, -0.15) is 0 Å². The predicted octanol–water partition coefficient (Wildman–Crippen LogP) is -1.87. The van der Waals surface area contributed by atoms with Gasteiger partial charge in [-0.15, -0.1) is 0 Å². The van der Waals surface area contributed by atoms with Crippen LogP contribution in [-0.4, -0.2) is 59.4 Å². The molecule has 1 atom stereocenters. The van der Waals surface area contributed by atoms with Gasteiger partial charge in [0.2, 0.25) is 0 Å². The molecule has 0 aromatic heterocycles. The SMILES string of the molecule is CC(N)C(=O)O.CNCC(=O)O.NCCC(=O)O. The number of nitrogens with two attached hydrogens (primary N) is 2. The Balaban J connectivity index is -0.000000187. The molecule has 9 nitrogen and oxygen atoms in total. The molecule has 0 fully saturated rings. The number of hydrogen-bond donors (Lipinski definition) is 6. The lowest BCUT2D eigenvalue weighted by atomic mass is 10.4. The minimum absolute atomic E-state index is 0.0417. The molecule has 0 aromatic carbocycles. The van der Waals surface area contributed by atoms with E-state index in [2.05, 4.69) is 5.32 Å². The Morgan fingerprint density at radius 1 is 1.17 bits per heavy atom. The second-order valence-corrected chi connectivity index (χ2v) is 2.98. The number of carboxylic acid groups (broad SMARTS) is 3. The van der Waals surface area contributed by atoms with Crippen molar-refractivity contribution in [3.05, 3.63) is 0 Å². The van der Waals surface area contributed by atoms with Crippen LogP contribution < -0.4 is 16.8 Å². The van der Waals surface area contributed by atoms with E-state index in [1.165, 1.54) is 6.92 Å². The van der Waals surface area contributed by atoms with Crippen LogP contribution in [0, 0.1) is 0 Å². The minimum atomic E-state index is -0.963. The molecule has 8 N–H and O–H groups in total. The average molecular weight is 267 g/mol. The molecule has 18 heavy (non-hydrogen) atoms. The van der Waals surface area contributed by atoms with Crippen LogP contribution in [0.15, 0.2) is 0 Å². The standard InChI is InChI=1S/3C3H7NO2/c1-4-2-3(5)6;1-2(4)3(5)6;4-2-1-3(5)6/h4H,2H2,1H3,(H,5,6);2H,4H2,1H3,(H,5,6);1-2,4H2,(H,5,6). The van der Waals surface area contributed by atoms with Crippen molar-refractivity contribution in [1.29, 1.82) is 0 Å². The highest BCUT2D eigenvalue weighted by atomic mass is 16.4. The zero-order valence-corrected chi connectivity index (χ0v) is 10.4. The molecule has 0 bridgehead atoms. The van der Waals surface area contributed by atoms with Crippen LogP contribution in [0.2, 0.25) is 0 Å². The molecule has 0 spiro atoms. The number of carbonyl (C=O) groups is 3. The fourth-order valence-corrected chi connectivity index (χ4v) is 0.275. The lowest BCUT2D eigenvalue weighted by Gasteiger charge is -1.90. The molecule has 0 aliphatic rings. The van der Waals surface area contributed by atoms with Gasteiger partial charge in [-0.3, -0.25) is 14.4 Å². The van der Waals surface area contributed by atoms with Crippen molar-refractivity contribution in [2.24, 2.45) is 11.5 Å². The maximum absolute atomic E-state index is 9.57. The van der Waals surface area contributed by atoms with Gasteiger partial charge in [0.05, 0.1) is 13.0 Å². The maximum Gasteiger partial charge on any atom is 0.320 e.